The Balaban J connectivity index is 1.59. The van der Waals surface area contributed by atoms with E-state index in [1.807, 2.05) is 0 Å². The van der Waals surface area contributed by atoms with Crippen LogP contribution in [0.5, 0.6) is 0 Å². The molecule has 0 radical (unpaired) electrons. The van der Waals surface area contributed by atoms with Crippen molar-refractivity contribution in [1.29, 1.82) is 0 Å². The van der Waals surface area contributed by atoms with Gasteiger partial charge in [0.25, 0.3) is 5.91 Å². The number of rotatable bonds is 4. The van der Waals surface area contributed by atoms with Crippen molar-refractivity contribution in [3.05, 3.63) is 29.8 Å². The van der Waals surface area contributed by atoms with Crippen LogP contribution in [0.4, 0.5) is 5.69 Å². The monoisotopic (exact) mass is 385 g/mol. The van der Waals surface area contributed by atoms with E-state index < -0.39 is 29.5 Å². The summed E-state index contributed by atoms with van der Waals surface area (Å²) in [7, 11) is 0. The van der Waals surface area contributed by atoms with Crippen molar-refractivity contribution in [3.63, 3.8) is 0 Å². The number of para-hydroxylation sites is 1. The number of carbonyl (C=O) groups is 4. The average Bonchev–Trinajstić information content (AvgIpc) is 3.24. The summed E-state index contributed by atoms with van der Waals surface area (Å²) < 4.78 is 0. The predicted molar refractivity (Wildman–Crippen MR) is 99.5 cm³/mol. The fourth-order valence-corrected chi connectivity index (χ4v) is 4.77. The molecule has 4 rings (SSSR count). The third kappa shape index (κ3) is 2.75. The van der Waals surface area contributed by atoms with E-state index in [1.165, 1.54) is 4.90 Å². The van der Waals surface area contributed by atoms with Gasteiger partial charge in [0.15, 0.2) is 0 Å². The number of fused-ring (bicyclic) bond motifs is 3. The summed E-state index contributed by atoms with van der Waals surface area (Å²) >= 11 is 0. The number of aliphatic carboxylic acids is 1. The van der Waals surface area contributed by atoms with Crippen LogP contribution in [0.15, 0.2) is 24.3 Å². The van der Waals surface area contributed by atoms with E-state index in [-0.39, 0.29) is 18.4 Å². The van der Waals surface area contributed by atoms with Gasteiger partial charge >= 0.3 is 5.97 Å². The van der Waals surface area contributed by atoms with Gasteiger partial charge < -0.3 is 15.3 Å². The van der Waals surface area contributed by atoms with Crippen LogP contribution in [0.25, 0.3) is 0 Å². The molecule has 8 nitrogen and oxygen atoms in total. The molecule has 2 N–H and O–H groups in total. The molecule has 2 aliphatic heterocycles. The average molecular weight is 385 g/mol. The van der Waals surface area contributed by atoms with Crippen molar-refractivity contribution < 1.29 is 24.3 Å². The van der Waals surface area contributed by atoms with Crippen LogP contribution in [0, 0.1) is 5.92 Å². The third-order valence-electron chi connectivity index (χ3n) is 6.23. The molecule has 3 amide bonds. The first-order chi connectivity index (χ1) is 13.3. The highest BCUT2D eigenvalue weighted by Crippen LogP contribution is 2.43. The summed E-state index contributed by atoms with van der Waals surface area (Å²) in [4.78, 5) is 52.8. The van der Waals surface area contributed by atoms with Gasteiger partial charge in [-0.3, -0.25) is 24.1 Å². The molecule has 3 aliphatic rings. The molecule has 3 atom stereocenters. The second-order valence-electron chi connectivity index (χ2n) is 7.90. The lowest BCUT2D eigenvalue weighted by atomic mass is 9.98. The molecule has 1 unspecified atom stereocenters. The summed E-state index contributed by atoms with van der Waals surface area (Å²) in [6, 6.07) is 6.50. The van der Waals surface area contributed by atoms with Crippen molar-refractivity contribution in [2.75, 3.05) is 11.4 Å². The molecule has 1 saturated heterocycles. The second-order valence-corrected chi connectivity index (χ2v) is 7.90. The van der Waals surface area contributed by atoms with E-state index >= 15 is 0 Å². The molecule has 1 aromatic rings. The topological polar surface area (TPSA) is 107 Å². The summed E-state index contributed by atoms with van der Waals surface area (Å²) in [5, 5.41) is 12.1. The molecule has 0 aromatic heterocycles. The van der Waals surface area contributed by atoms with E-state index in [9.17, 15) is 24.3 Å². The number of amides is 3. The molecule has 0 spiro atoms. The van der Waals surface area contributed by atoms with E-state index in [2.05, 4.69) is 5.32 Å². The van der Waals surface area contributed by atoms with Crippen molar-refractivity contribution in [2.24, 2.45) is 5.92 Å². The highest BCUT2D eigenvalue weighted by molar-refractivity contribution is 6.11. The maximum atomic E-state index is 13.1. The lowest BCUT2D eigenvalue weighted by molar-refractivity contribution is -0.142. The van der Waals surface area contributed by atoms with Gasteiger partial charge in [-0.1, -0.05) is 18.6 Å². The zero-order valence-corrected chi connectivity index (χ0v) is 15.7. The van der Waals surface area contributed by atoms with Gasteiger partial charge in [-0.05, 0) is 38.3 Å². The molecule has 1 aliphatic carbocycles. The van der Waals surface area contributed by atoms with E-state index in [4.69, 9.17) is 0 Å². The van der Waals surface area contributed by atoms with Crippen molar-refractivity contribution in [3.8, 4) is 0 Å². The van der Waals surface area contributed by atoms with E-state index in [0.29, 0.717) is 36.9 Å². The highest BCUT2D eigenvalue weighted by Gasteiger charge is 2.53. The molecule has 1 aromatic carbocycles. The standard InChI is InChI=1S/C20H23N3O5/c1-20-10-9-17(25)23(20)15-8-3-2-5-13(15)18(26)22(20)11-16(24)21-14-7-4-6-12(14)19(27)28/h2-3,5,8,12,14H,4,6-7,9-11H2,1H3,(H,21,24)(H,27,28)/t12-,14+,20?/m0/s1. The van der Waals surface area contributed by atoms with Gasteiger partial charge in [-0.2, -0.15) is 0 Å². The fraction of sp³-hybridized carbons (Fsp3) is 0.500. The maximum absolute atomic E-state index is 13.1. The Kier molecular flexibility index (Phi) is 4.36. The number of carbonyl (C=O) groups excluding carboxylic acids is 3. The van der Waals surface area contributed by atoms with E-state index in [0.717, 1.165) is 6.42 Å². The number of carboxylic acids is 1. The number of hydrogen-bond acceptors (Lipinski definition) is 4. The minimum absolute atomic E-state index is 0.0745. The summed E-state index contributed by atoms with van der Waals surface area (Å²) in [5.74, 6) is -2.27. The quantitative estimate of drug-likeness (QED) is 0.814. The molecule has 148 valence electrons. The zero-order valence-electron chi connectivity index (χ0n) is 15.7. The number of nitrogens with one attached hydrogen (secondary N) is 1. The van der Waals surface area contributed by atoms with Gasteiger partial charge in [-0.25, -0.2) is 0 Å². The number of benzene rings is 1. The van der Waals surface area contributed by atoms with Crippen molar-refractivity contribution in [1.82, 2.24) is 10.2 Å². The lowest BCUT2D eigenvalue weighted by Gasteiger charge is -2.48. The van der Waals surface area contributed by atoms with Crippen molar-refractivity contribution >= 4 is 29.4 Å². The van der Waals surface area contributed by atoms with Crippen LogP contribution in [0.3, 0.4) is 0 Å². The molecule has 2 fully saturated rings. The van der Waals surface area contributed by atoms with Crippen LogP contribution in [-0.2, 0) is 14.4 Å². The Morgan fingerprint density at radius 2 is 2.00 bits per heavy atom. The van der Waals surface area contributed by atoms with E-state index in [1.54, 1.807) is 36.1 Å². The van der Waals surface area contributed by atoms with Gasteiger partial charge in [0.2, 0.25) is 11.8 Å². The van der Waals surface area contributed by atoms with Crippen LogP contribution >= 0.6 is 0 Å². The second kappa shape index (κ2) is 6.61. The van der Waals surface area contributed by atoms with Crippen LogP contribution in [0.1, 0.15) is 49.4 Å². The summed E-state index contributed by atoms with van der Waals surface area (Å²) in [6.07, 6.45) is 2.65. The molecular weight excluding hydrogens is 362 g/mol. The summed E-state index contributed by atoms with van der Waals surface area (Å²) in [5.41, 5.74) is 0.0741. The first-order valence-corrected chi connectivity index (χ1v) is 9.59. The Hall–Kier alpha value is -2.90. The Morgan fingerprint density at radius 3 is 2.75 bits per heavy atom. The van der Waals surface area contributed by atoms with Gasteiger partial charge in [0, 0.05) is 12.5 Å². The minimum atomic E-state index is -0.912. The highest BCUT2D eigenvalue weighted by atomic mass is 16.4. The number of hydrogen-bond donors (Lipinski definition) is 2. The van der Waals surface area contributed by atoms with Gasteiger partial charge in [0.1, 0.15) is 12.2 Å². The molecule has 8 heteroatoms. The Labute approximate surface area is 162 Å². The molecule has 2 heterocycles. The maximum Gasteiger partial charge on any atom is 0.308 e. The van der Waals surface area contributed by atoms with Crippen LogP contribution in [0.2, 0.25) is 0 Å². The first-order valence-electron chi connectivity index (χ1n) is 9.59. The minimum Gasteiger partial charge on any atom is -0.481 e. The molecule has 1 saturated carbocycles. The van der Waals surface area contributed by atoms with Crippen molar-refractivity contribution in [2.45, 2.75) is 50.7 Å². The van der Waals surface area contributed by atoms with Crippen LogP contribution in [-0.4, -0.2) is 51.9 Å². The Bertz CT molecular complexity index is 869. The lowest BCUT2D eigenvalue weighted by Crippen LogP contribution is -2.64. The normalized spacial score (nSPS) is 28.9. The third-order valence-corrected chi connectivity index (χ3v) is 6.23. The van der Waals surface area contributed by atoms with Crippen LogP contribution < -0.4 is 10.2 Å². The van der Waals surface area contributed by atoms with Gasteiger partial charge in [-0.15, -0.1) is 0 Å². The predicted octanol–water partition coefficient (Wildman–Crippen LogP) is 1.35. The zero-order chi connectivity index (χ0) is 20.1. The van der Waals surface area contributed by atoms with Gasteiger partial charge in [0.05, 0.1) is 17.2 Å². The molecule has 28 heavy (non-hydrogen) atoms. The number of anilines is 1. The number of carboxylic acid groups (broad SMARTS) is 1. The largest absolute Gasteiger partial charge is 0.481 e. The smallest absolute Gasteiger partial charge is 0.308 e. The molecular formula is C20H23N3O5. The summed E-state index contributed by atoms with van der Waals surface area (Å²) in [6.45, 7) is 1.59. The SMILES string of the molecule is CC12CCC(=O)N1c1ccccc1C(=O)N2CC(=O)N[C@@H]1CCC[C@@H]1C(=O)O. The molecule has 0 bridgehead atoms. The number of nitrogens with zero attached hydrogens (tertiary/aromatic N) is 2. The fourth-order valence-electron chi connectivity index (χ4n) is 4.77. The Morgan fingerprint density at radius 1 is 1.25 bits per heavy atom. The first kappa shape index (κ1) is 18.5.